The summed E-state index contributed by atoms with van der Waals surface area (Å²) in [4.78, 5) is 28.5. The van der Waals surface area contributed by atoms with Crippen LogP contribution < -0.4 is 10.2 Å². The molecule has 0 saturated carbocycles. The van der Waals surface area contributed by atoms with E-state index in [9.17, 15) is 4.79 Å². The molecule has 0 spiro atoms. The van der Waals surface area contributed by atoms with Gasteiger partial charge in [-0.2, -0.15) is 5.10 Å². The molecule has 0 unspecified atom stereocenters. The standard InChI is InChI=1S/C35H43N9O3/c1-25(45)47-21-27(18-40-8-13-43-30(20-40)16-28-4-2-3-5-33(28)43)14-26-15-32(35-37-24-38-44(35)19-26)39-34-7-6-29(17-36-34)41-9-11-42(12-10-41)31-22-46-23-31/h6-7,14-17,19,24,31H,2-5,8-13,18,20-23H2,1H3,(H,36,39). The van der Waals surface area contributed by atoms with Crippen molar-refractivity contribution >= 4 is 34.9 Å². The number of anilines is 3. The lowest BCUT2D eigenvalue weighted by molar-refractivity contribution is -0.140. The van der Waals surface area contributed by atoms with Gasteiger partial charge in [0, 0.05) is 76.9 Å². The van der Waals surface area contributed by atoms with Crippen molar-refractivity contribution in [2.75, 3.05) is 69.3 Å². The van der Waals surface area contributed by atoms with Gasteiger partial charge in [-0.25, -0.2) is 14.5 Å². The number of carbonyl (C=O) groups is 1. The molecule has 1 N–H and O–H groups in total. The topological polar surface area (TPSA) is 105 Å². The highest BCUT2D eigenvalue weighted by atomic mass is 16.5. The molecule has 246 valence electrons. The van der Waals surface area contributed by atoms with E-state index < -0.39 is 0 Å². The van der Waals surface area contributed by atoms with Gasteiger partial charge in [0.05, 0.1) is 36.8 Å². The van der Waals surface area contributed by atoms with E-state index in [2.05, 4.69) is 58.9 Å². The number of nitrogens with zero attached hydrogens (tertiary/aromatic N) is 8. The average Bonchev–Trinajstić information content (AvgIpc) is 3.68. The lowest BCUT2D eigenvalue weighted by Crippen LogP contribution is -2.56. The third-order valence-corrected chi connectivity index (χ3v) is 10.0. The summed E-state index contributed by atoms with van der Waals surface area (Å²) in [5, 5.41) is 7.92. The fraction of sp³-hybridized carbons (Fsp3) is 0.486. The number of fused-ring (bicyclic) bond motifs is 4. The van der Waals surface area contributed by atoms with E-state index in [4.69, 9.17) is 14.5 Å². The first-order valence-corrected chi connectivity index (χ1v) is 16.9. The van der Waals surface area contributed by atoms with Gasteiger partial charge in [-0.3, -0.25) is 14.6 Å². The minimum absolute atomic E-state index is 0.243. The second-order valence-corrected chi connectivity index (χ2v) is 13.2. The number of aryl methyl sites for hydroxylation is 1. The van der Waals surface area contributed by atoms with Crippen LogP contribution in [0.2, 0.25) is 0 Å². The molecule has 2 saturated heterocycles. The lowest BCUT2D eigenvalue weighted by Gasteiger charge is -2.43. The molecule has 4 aromatic heterocycles. The monoisotopic (exact) mass is 637 g/mol. The molecule has 47 heavy (non-hydrogen) atoms. The van der Waals surface area contributed by atoms with Crippen molar-refractivity contribution in [1.29, 1.82) is 0 Å². The van der Waals surface area contributed by atoms with E-state index in [1.54, 1.807) is 16.5 Å². The number of carbonyl (C=O) groups excluding carboxylic acids is 1. The predicted octanol–water partition coefficient (Wildman–Crippen LogP) is 3.53. The molecule has 12 heteroatoms. The summed E-state index contributed by atoms with van der Waals surface area (Å²) in [6, 6.07) is 9.21. The lowest BCUT2D eigenvalue weighted by atomic mass is 9.98. The van der Waals surface area contributed by atoms with Crippen LogP contribution in [0, 0.1) is 0 Å². The van der Waals surface area contributed by atoms with Crippen LogP contribution in [0.3, 0.4) is 0 Å². The van der Waals surface area contributed by atoms with Gasteiger partial charge in [0.1, 0.15) is 18.8 Å². The number of rotatable bonds is 9. The summed E-state index contributed by atoms with van der Waals surface area (Å²) in [5.41, 5.74) is 9.10. The fourth-order valence-electron chi connectivity index (χ4n) is 7.46. The highest BCUT2D eigenvalue weighted by Crippen LogP contribution is 2.29. The number of aromatic nitrogens is 5. The Morgan fingerprint density at radius 1 is 1.06 bits per heavy atom. The van der Waals surface area contributed by atoms with Gasteiger partial charge in [0.15, 0.2) is 5.65 Å². The van der Waals surface area contributed by atoms with Gasteiger partial charge in [-0.05, 0) is 72.7 Å². The summed E-state index contributed by atoms with van der Waals surface area (Å²) >= 11 is 0. The Bertz CT molecular complexity index is 1770. The van der Waals surface area contributed by atoms with Crippen LogP contribution in [0.25, 0.3) is 11.7 Å². The van der Waals surface area contributed by atoms with Crippen LogP contribution in [0.5, 0.6) is 0 Å². The Morgan fingerprint density at radius 2 is 1.94 bits per heavy atom. The molecule has 0 bridgehead atoms. The number of piperazine rings is 1. The normalized spacial score (nSPS) is 19.3. The Labute approximate surface area is 275 Å². The van der Waals surface area contributed by atoms with Crippen molar-refractivity contribution in [3.05, 3.63) is 71.1 Å². The van der Waals surface area contributed by atoms with Crippen molar-refractivity contribution in [3.8, 4) is 0 Å². The van der Waals surface area contributed by atoms with Crippen LogP contribution in [0.15, 0.2) is 48.6 Å². The zero-order valence-corrected chi connectivity index (χ0v) is 27.1. The van der Waals surface area contributed by atoms with E-state index in [-0.39, 0.29) is 12.6 Å². The molecule has 4 aliphatic rings. The van der Waals surface area contributed by atoms with Gasteiger partial charge >= 0.3 is 5.97 Å². The summed E-state index contributed by atoms with van der Waals surface area (Å²) in [6.45, 7) is 11.1. The van der Waals surface area contributed by atoms with Gasteiger partial charge in [0.2, 0.25) is 0 Å². The molecule has 3 aliphatic heterocycles. The van der Waals surface area contributed by atoms with Crippen molar-refractivity contribution in [2.45, 2.75) is 51.7 Å². The second kappa shape index (κ2) is 13.1. The maximum absolute atomic E-state index is 11.8. The molecule has 0 atom stereocenters. The van der Waals surface area contributed by atoms with Gasteiger partial charge < -0.3 is 24.3 Å². The summed E-state index contributed by atoms with van der Waals surface area (Å²) < 4.78 is 15.2. The molecule has 0 radical (unpaired) electrons. The molecule has 4 aromatic rings. The van der Waals surface area contributed by atoms with Gasteiger partial charge in [-0.1, -0.05) is 0 Å². The average molecular weight is 638 g/mol. The molecule has 2 fully saturated rings. The molecule has 0 amide bonds. The summed E-state index contributed by atoms with van der Waals surface area (Å²) in [7, 11) is 0. The van der Waals surface area contributed by atoms with E-state index in [0.717, 1.165) is 87.4 Å². The fourth-order valence-corrected chi connectivity index (χ4v) is 7.46. The van der Waals surface area contributed by atoms with Crippen molar-refractivity contribution in [2.24, 2.45) is 0 Å². The van der Waals surface area contributed by atoms with Crippen LogP contribution in [-0.2, 0) is 40.2 Å². The Hall–Kier alpha value is -4.26. The van der Waals surface area contributed by atoms with E-state index >= 15 is 0 Å². The van der Waals surface area contributed by atoms with Crippen LogP contribution >= 0.6 is 0 Å². The molecule has 12 nitrogen and oxygen atoms in total. The zero-order chi connectivity index (χ0) is 31.7. The smallest absolute Gasteiger partial charge is 0.302 e. The number of hydrogen-bond donors (Lipinski definition) is 1. The van der Waals surface area contributed by atoms with Crippen LogP contribution in [0.4, 0.5) is 17.2 Å². The number of ether oxygens (including phenoxy) is 2. The molecular weight excluding hydrogens is 594 g/mol. The van der Waals surface area contributed by atoms with Crippen molar-refractivity contribution in [3.63, 3.8) is 0 Å². The number of nitrogens with one attached hydrogen (secondary N) is 1. The Balaban J connectivity index is 0.985. The molecule has 0 aromatic carbocycles. The zero-order valence-electron chi connectivity index (χ0n) is 27.1. The molecule has 1 aliphatic carbocycles. The van der Waals surface area contributed by atoms with Crippen molar-refractivity contribution in [1.82, 2.24) is 33.9 Å². The Morgan fingerprint density at radius 3 is 2.72 bits per heavy atom. The number of hydrogen-bond acceptors (Lipinski definition) is 10. The summed E-state index contributed by atoms with van der Waals surface area (Å²) in [5.74, 6) is 0.457. The number of pyridine rings is 2. The van der Waals surface area contributed by atoms with E-state index in [0.29, 0.717) is 18.2 Å². The largest absolute Gasteiger partial charge is 0.461 e. The minimum Gasteiger partial charge on any atom is -0.461 e. The molecule has 8 rings (SSSR count). The van der Waals surface area contributed by atoms with Crippen LogP contribution in [-0.4, -0.2) is 105 Å². The SMILES string of the molecule is CC(=O)OCC(=Cc1cc(Nc2ccc(N3CCN(C4COC4)CC3)cn2)c2ncnn2c1)CN1CCn2c(cc3c2CCCC3)C1. The minimum atomic E-state index is -0.283. The van der Waals surface area contributed by atoms with Crippen molar-refractivity contribution < 1.29 is 14.3 Å². The molecular formula is C35H43N9O3. The summed E-state index contributed by atoms with van der Waals surface area (Å²) in [6.07, 6.45) is 12.5. The predicted molar refractivity (Wildman–Crippen MR) is 180 cm³/mol. The highest BCUT2D eigenvalue weighted by Gasteiger charge is 2.29. The van der Waals surface area contributed by atoms with Gasteiger partial charge in [0.25, 0.3) is 0 Å². The highest BCUT2D eigenvalue weighted by molar-refractivity contribution is 5.75. The first-order valence-electron chi connectivity index (χ1n) is 16.9. The van der Waals surface area contributed by atoms with E-state index in [1.807, 2.05) is 18.5 Å². The maximum Gasteiger partial charge on any atom is 0.302 e. The molecule has 7 heterocycles. The maximum atomic E-state index is 11.8. The third-order valence-electron chi connectivity index (χ3n) is 10.0. The third kappa shape index (κ3) is 6.50. The van der Waals surface area contributed by atoms with Gasteiger partial charge in [-0.15, -0.1) is 0 Å². The quantitative estimate of drug-likeness (QED) is 0.274. The second-order valence-electron chi connectivity index (χ2n) is 13.2. The Kier molecular flexibility index (Phi) is 8.38. The number of esters is 1. The first-order chi connectivity index (χ1) is 23.1. The van der Waals surface area contributed by atoms with Crippen LogP contribution in [0.1, 0.15) is 42.3 Å². The van der Waals surface area contributed by atoms with E-state index in [1.165, 1.54) is 43.9 Å². The first kappa shape index (κ1) is 30.1.